The molecule has 28 heavy (non-hydrogen) atoms. The van der Waals surface area contributed by atoms with Gasteiger partial charge in [-0.2, -0.15) is 13.2 Å². The zero-order chi connectivity index (χ0) is 20.9. The molecule has 0 saturated carbocycles. The Kier molecular flexibility index (Phi) is 6.45. The number of ether oxygens (including phenoxy) is 1. The Morgan fingerprint density at radius 3 is 2.29 bits per heavy atom. The van der Waals surface area contributed by atoms with Crippen molar-refractivity contribution in [2.24, 2.45) is 0 Å². The maximum Gasteiger partial charge on any atom is 0.416 e. The largest absolute Gasteiger partial charge is 0.452 e. The van der Waals surface area contributed by atoms with Crippen molar-refractivity contribution >= 4 is 27.4 Å². The van der Waals surface area contributed by atoms with Gasteiger partial charge in [-0.25, -0.2) is 13.2 Å². The van der Waals surface area contributed by atoms with Gasteiger partial charge in [-0.3, -0.25) is 4.79 Å². The van der Waals surface area contributed by atoms with Crippen LogP contribution in [0.4, 0.5) is 18.9 Å². The Labute approximate surface area is 159 Å². The Morgan fingerprint density at radius 2 is 1.71 bits per heavy atom. The predicted molar refractivity (Wildman–Crippen MR) is 95.3 cm³/mol. The van der Waals surface area contributed by atoms with Crippen molar-refractivity contribution in [2.45, 2.75) is 11.9 Å². The van der Waals surface area contributed by atoms with Crippen LogP contribution in [0.1, 0.15) is 21.5 Å². The molecule has 1 N–H and O–H groups in total. The smallest absolute Gasteiger partial charge is 0.416 e. The summed E-state index contributed by atoms with van der Waals surface area (Å²) in [4.78, 5) is 23.7. The van der Waals surface area contributed by atoms with Gasteiger partial charge in [-0.15, -0.1) is 0 Å². The van der Waals surface area contributed by atoms with Crippen LogP contribution in [0.5, 0.6) is 0 Å². The molecular weight excluding hydrogens is 399 g/mol. The average molecular weight is 415 g/mol. The van der Waals surface area contributed by atoms with E-state index in [1.54, 1.807) is 0 Å². The monoisotopic (exact) mass is 415 g/mol. The average Bonchev–Trinajstić information content (AvgIpc) is 2.58. The first-order valence-corrected chi connectivity index (χ1v) is 9.91. The highest BCUT2D eigenvalue weighted by molar-refractivity contribution is 7.89. The van der Waals surface area contributed by atoms with E-state index < -0.39 is 40.1 Å². The van der Waals surface area contributed by atoms with E-state index in [2.05, 4.69) is 5.32 Å². The highest BCUT2D eigenvalue weighted by Gasteiger charge is 2.30. The third kappa shape index (κ3) is 6.69. The fraction of sp³-hybridized carbons (Fsp3) is 0.222. The molecule has 2 rings (SSSR count). The van der Waals surface area contributed by atoms with E-state index in [-0.39, 0.29) is 17.0 Å². The zero-order valence-electron chi connectivity index (χ0n) is 14.6. The molecule has 1 amide bonds. The SMILES string of the molecule is CS(=O)(=O)Cc1ccc(C(=O)OCC(=O)Nc2cccc(C(F)(F)F)c2)cc1. The van der Waals surface area contributed by atoms with Gasteiger partial charge < -0.3 is 10.1 Å². The maximum absolute atomic E-state index is 12.7. The van der Waals surface area contributed by atoms with Gasteiger partial charge in [-0.1, -0.05) is 18.2 Å². The summed E-state index contributed by atoms with van der Waals surface area (Å²) >= 11 is 0. The third-order valence-electron chi connectivity index (χ3n) is 3.43. The second kappa shape index (κ2) is 8.42. The number of amides is 1. The Balaban J connectivity index is 1.91. The van der Waals surface area contributed by atoms with E-state index in [0.717, 1.165) is 24.5 Å². The van der Waals surface area contributed by atoms with Crippen molar-refractivity contribution in [2.75, 3.05) is 18.2 Å². The standard InChI is InChI=1S/C18H16F3NO5S/c1-28(25,26)11-12-5-7-13(8-6-12)17(24)27-10-16(23)22-15-4-2-3-14(9-15)18(19,20)21/h2-9H,10-11H2,1H3,(H,22,23). The van der Waals surface area contributed by atoms with Crippen LogP contribution in [0.3, 0.4) is 0 Å². The number of hydrogen-bond acceptors (Lipinski definition) is 5. The number of rotatable bonds is 6. The van der Waals surface area contributed by atoms with Crippen LogP contribution < -0.4 is 5.32 Å². The molecule has 0 aromatic heterocycles. The summed E-state index contributed by atoms with van der Waals surface area (Å²) in [6.07, 6.45) is -3.46. The lowest BCUT2D eigenvalue weighted by Gasteiger charge is -2.10. The Bertz CT molecular complexity index is 969. The van der Waals surface area contributed by atoms with E-state index in [4.69, 9.17) is 4.74 Å². The molecule has 10 heteroatoms. The summed E-state index contributed by atoms with van der Waals surface area (Å²) < 4.78 is 65.2. The number of alkyl halides is 3. The van der Waals surface area contributed by atoms with Gasteiger partial charge in [0.2, 0.25) is 0 Å². The number of carbonyl (C=O) groups is 2. The van der Waals surface area contributed by atoms with E-state index >= 15 is 0 Å². The van der Waals surface area contributed by atoms with E-state index in [1.165, 1.54) is 30.3 Å². The number of sulfone groups is 1. The third-order valence-corrected chi connectivity index (χ3v) is 4.28. The number of anilines is 1. The normalized spacial score (nSPS) is 11.7. The summed E-state index contributed by atoms with van der Waals surface area (Å²) in [7, 11) is -3.21. The molecule has 0 aliphatic rings. The van der Waals surface area contributed by atoms with Crippen LogP contribution in [-0.4, -0.2) is 33.2 Å². The predicted octanol–water partition coefficient (Wildman–Crippen LogP) is 3.05. The Morgan fingerprint density at radius 1 is 1.07 bits per heavy atom. The van der Waals surface area contributed by atoms with Crippen molar-refractivity contribution in [3.05, 3.63) is 65.2 Å². The second-order valence-corrected chi connectivity index (χ2v) is 8.11. The first-order valence-electron chi connectivity index (χ1n) is 7.85. The van der Waals surface area contributed by atoms with Crippen molar-refractivity contribution in [1.29, 1.82) is 0 Å². The number of esters is 1. The molecule has 0 heterocycles. The highest BCUT2D eigenvalue weighted by atomic mass is 32.2. The molecule has 2 aromatic rings. The number of hydrogen-bond donors (Lipinski definition) is 1. The van der Waals surface area contributed by atoms with Gasteiger partial charge in [0.15, 0.2) is 16.4 Å². The van der Waals surface area contributed by atoms with Gasteiger partial charge in [-0.05, 0) is 35.9 Å². The fourth-order valence-electron chi connectivity index (χ4n) is 2.22. The van der Waals surface area contributed by atoms with Crippen molar-refractivity contribution in [3.63, 3.8) is 0 Å². The van der Waals surface area contributed by atoms with Crippen LogP contribution in [0.25, 0.3) is 0 Å². The number of nitrogens with one attached hydrogen (secondary N) is 1. The van der Waals surface area contributed by atoms with Crippen LogP contribution in [0.2, 0.25) is 0 Å². The minimum Gasteiger partial charge on any atom is -0.452 e. The minimum absolute atomic E-state index is 0.0824. The molecule has 150 valence electrons. The number of halogens is 3. The molecule has 0 aliphatic heterocycles. The molecule has 6 nitrogen and oxygen atoms in total. The summed E-state index contributed by atoms with van der Waals surface area (Å²) in [5.41, 5.74) is -0.414. The van der Waals surface area contributed by atoms with Gasteiger partial charge in [0.05, 0.1) is 16.9 Å². The van der Waals surface area contributed by atoms with Crippen molar-refractivity contribution in [3.8, 4) is 0 Å². The summed E-state index contributed by atoms with van der Waals surface area (Å²) in [5, 5.41) is 2.21. The second-order valence-electron chi connectivity index (χ2n) is 5.97. The molecule has 0 unspecified atom stereocenters. The lowest BCUT2D eigenvalue weighted by atomic mass is 10.1. The molecule has 0 bridgehead atoms. The molecular formula is C18H16F3NO5S. The van der Waals surface area contributed by atoms with E-state index in [0.29, 0.717) is 5.56 Å². The van der Waals surface area contributed by atoms with E-state index in [9.17, 15) is 31.2 Å². The molecule has 0 spiro atoms. The van der Waals surface area contributed by atoms with E-state index in [1.807, 2.05) is 0 Å². The highest BCUT2D eigenvalue weighted by Crippen LogP contribution is 2.30. The first kappa shape index (κ1) is 21.4. The zero-order valence-corrected chi connectivity index (χ0v) is 15.4. The van der Waals surface area contributed by atoms with Crippen LogP contribution in [-0.2, 0) is 31.3 Å². The quantitative estimate of drug-likeness (QED) is 0.733. The minimum atomic E-state index is -4.55. The van der Waals surface area contributed by atoms with Gasteiger partial charge in [0, 0.05) is 11.9 Å². The van der Waals surface area contributed by atoms with Crippen molar-refractivity contribution in [1.82, 2.24) is 0 Å². The summed E-state index contributed by atoms with van der Waals surface area (Å²) in [6, 6.07) is 9.64. The lowest BCUT2D eigenvalue weighted by molar-refractivity contribution is -0.137. The van der Waals surface area contributed by atoms with Crippen LogP contribution in [0, 0.1) is 0 Å². The van der Waals surface area contributed by atoms with Gasteiger partial charge >= 0.3 is 12.1 Å². The Hall–Kier alpha value is -2.88. The molecule has 0 atom stereocenters. The fourth-order valence-corrected chi connectivity index (χ4v) is 3.02. The van der Waals surface area contributed by atoms with Gasteiger partial charge in [0.25, 0.3) is 5.91 Å². The van der Waals surface area contributed by atoms with Crippen molar-refractivity contribution < 1.29 is 35.9 Å². The molecule has 0 aliphatic carbocycles. The molecule has 0 fully saturated rings. The lowest BCUT2D eigenvalue weighted by Crippen LogP contribution is -2.21. The molecule has 0 radical (unpaired) electrons. The maximum atomic E-state index is 12.7. The van der Waals surface area contributed by atoms with Gasteiger partial charge in [0.1, 0.15) is 0 Å². The van der Waals surface area contributed by atoms with Crippen LogP contribution in [0.15, 0.2) is 48.5 Å². The first-order chi connectivity index (χ1) is 12.9. The summed E-state index contributed by atoms with van der Waals surface area (Å²) in [6.45, 7) is -0.694. The van der Waals surface area contributed by atoms with Crippen LogP contribution >= 0.6 is 0 Å². The molecule has 0 saturated heterocycles. The topological polar surface area (TPSA) is 89.5 Å². The summed E-state index contributed by atoms with van der Waals surface area (Å²) in [5.74, 6) is -1.81. The number of carbonyl (C=O) groups excluding carboxylic acids is 2. The molecule has 2 aromatic carbocycles. The number of benzene rings is 2.